The lowest BCUT2D eigenvalue weighted by Gasteiger charge is -2.45. The topological polar surface area (TPSA) is 0 Å². The molecule has 0 unspecified atom stereocenters. The van der Waals surface area contributed by atoms with Crippen LogP contribution in [0.5, 0.6) is 0 Å². The minimum absolute atomic E-state index is 0.850. The van der Waals surface area contributed by atoms with Gasteiger partial charge in [-0.1, -0.05) is 32.1 Å². The van der Waals surface area contributed by atoms with Crippen LogP contribution in [0.3, 0.4) is 0 Å². The summed E-state index contributed by atoms with van der Waals surface area (Å²) < 4.78 is 0. The average Bonchev–Trinajstić information content (AvgIpc) is 2.77. The summed E-state index contributed by atoms with van der Waals surface area (Å²) in [7, 11) is 0. The standard InChI is InChI=1S/C14H24/c1-2-7-13(6-1)10-5-11-14(12-13)8-3-4-9-14/h1-12H2. The molecule has 0 aromatic heterocycles. The van der Waals surface area contributed by atoms with E-state index in [4.69, 9.17) is 0 Å². The van der Waals surface area contributed by atoms with Gasteiger partial charge in [0, 0.05) is 0 Å². The van der Waals surface area contributed by atoms with E-state index in [1.54, 1.807) is 51.4 Å². The molecule has 14 heavy (non-hydrogen) atoms. The molecule has 0 heteroatoms. The van der Waals surface area contributed by atoms with Crippen molar-refractivity contribution >= 4 is 0 Å². The van der Waals surface area contributed by atoms with Crippen molar-refractivity contribution in [3.63, 3.8) is 0 Å². The van der Waals surface area contributed by atoms with Gasteiger partial charge in [0.05, 0.1) is 0 Å². The SMILES string of the molecule is C1CCC2(C1)CCCC1(CCCC1)C2. The molecule has 0 aliphatic heterocycles. The Bertz CT molecular complexity index is 182. The van der Waals surface area contributed by atoms with Gasteiger partial charge in [-0.25, -0.2) is 0 Å². The summed E-state index contributed by atoms with van der Waals surface area (Å²) in [5.74, 6) is 0. The molecule has 3 fully saturated rings. The minimum atomic E-state index is 0.850. The van der Waals surface area contributed by atoms with Gasteiger partial charge in [-0.2, -0.15) is 0 Å². The van der Waals surface area contributed by atoms with E-state index in [-0.39, 0.29) is 0 Å². The van der Waals surface area contributed by atoms with Crippen molar-refractivity contribution in [3.05, 3.63) is 0 Å². The highest BCUT2D eigenvalue weighted by molar-refractivity contribution is 4.98. The zero-order valence-electron chi connectivity index (χ0n) is 9.49. The van der Waals surface area contributed by atoms with Gasteiger partial charge in [-0.3, -0.25) is 0 Å². The summed E-state index contributed by atoms with van der Waals surface area (Å²) in [6.07, 6.45) is 18.8. The van der Waals surface area contributed by atoms with Gasteiger partial charge >= 0.3 is 0 Å². The molecule has 0 aromatic carbocycles. The van der Waals surface area contributed by atoms with Crippen LogP contribution in [0.15, 0.2) is 0 Å². The Balaban J connectivity index is 1.77. The molecule has 0 aromatic rings. The van der Waals surface area contributed by atoms with Crippen molar-refractivity contribution in [3.8, 4) is 0 Å². The first-order chi connectivity index (χ1) is 6.83. The van der Waals surface area contributed by atoms with Crippen LogP contribution in [0.25, 0.3) is 0 Å². The second-order valence-electron chi connectivity index (χ2n) is 6.44. The molecule has 80 valence electrons. The van der Waals surface area contributed by atoms with Crippen molar-refractivity contribution in [2.24, 2.45) is 10.8 Å². The van der Waals surface area contributed by atoms with E-state index in [0.29, 0.717) is 0 Å². The highest BCUT2D eigenvalue weighted by Crippen LogP contribution is 2.59. The van der Waals surface area contributed by atoms with Crippen LogP contribution in [0.4, 0.5) is 0 Å². The van der Waals surface area contributed by atoms with Crippen LogP contribution in [0.1, 0.15) is 77.0 Å². The number of hydrogen-bond donors (Lipinski definition) is 0. The second-order valence-corrected chi connectivity index (χ2v) is 6.44. The molecule has 2 spiro atoms. The predicted octanol–water partition coefficient (Wildman–Crippen LogP) is 4.68. The Morgan fingerprint density at radius 1 is 0.429 bits per heavy atom. The third-order valence-corrected chi connectivity index (χ3v) is 5.49. The van der Waals surface area contributed by atoms with E-state index in [9.17, 15) is 0 Å². The first kappa shape index (κ1) is 9.24. The molecule has 0 N–H and O–H groups in total. The Hall–Kier alpha value is 0. The van der Waals surface area contributed by atoms with E-state index >= 15 is 0 Å². The van der Waals surface area contributed by atoms with Crippen LogP contribution in [0, 0.1) is 10.8 Å². The molecule has 3 aliphatic rings. The Kier molecular flexibility index (Phi) is 2.15. The maximum Gasteiger partial charge on any atom is -0.0292 e. The fourth-order valence-corrected chi connectivity index (χ4v) is 4.91. The predicted molar refractivity (Wildman–Crippen MR) is 60.3 cm³/mol. The van der Waals surface area contributed by atoms with Gasteiger partial charge in [0.2, 0.25) is 0 Å². The Morgan fingerprint density at radius 2 is 0.786 bits per heavy atom. The molecule has 0 nitrogen and oxygen atoms in total. The largest absolute Gasteiger partial charge is 0.0528 e. The zero-order chi connectivity index (χ0) is 9.49. The molecule has 3 saturated carbocycles. The van der Waals surface area contributed by atoms with Crippen molar-refractivity contribution in [2.75, 3.05) is 0 Å². The molecular formula is C14H24. The number of hydrogen-bond acceptors (Lipinski definition) is 0. The highest BCUT2D eigenvalue weighted by atomic mass is 14.5. The lowest BCUT2D eigenvalue weighted by Crippen LogP contribution is -2.33. The highest BCUT2D eigenvalue weighted by Gasteiger charge is 2.46. The van der Waals surface area contributed by atoms with E-state index in [1.165, 1.54) is 25.7 Å². The molecule has 0 saturated heterocycles. The van der Waals surface area contributed by atoms with Gasteiger partial charge in [-0.05, 0) is 55.8 Å². The third-order valence-electron chi connectivity index (χ3n) is 5.49. The summed E-state index contributed by atoms with van der Waals surface area (Å²) in [4.78, 5) is 0. The van der Waals surface area contributed by atoms with Crippen molar-refractivity contribution in [1.29, 1.82) is 0 Å². The molecule has 0 bridgehead atoms. The van der Waals surface area contributed by atoms with Crippen LogP contribution in [0.2, 0.25) is 0 Å². The van der Waals surface area contributed by atoms with Crippen molar-refractivity contribution in [2.45, 2.75) is 77.0 Å². The number of rotatable bonds is 0. The third kappa shape index (κ3) is 1.42. The van der Waals surface area contributed by atoms with Crippen LogP contribution in [-0.4, -0.2) is 0 Å². The summed E-state index contributed by atoms with van der Waals surface area (Å²) in [5.41, 5.74) is 1.70. The summed E-state index contributed by atoms with van der Waals surface area (Å²) in [6, 6.07) is 0. The summed E-state index contributed by atoms with van der Waals surface area (Å²) >= 11 is 0. The average molecular weight is 192 g/mol. The second kappa shape index (κ2) is 3.25. The molecular weight excluding hydrogens is 168 g/mol. The van der Waals surface area contributed by atoms with Crippen molar-refractivity contribution in [1.82, 2.24) is 0 Å². The minimum Gasteiger partial charge on any atom is -0.0528 e. The van der Waals surface area contributed by atoms with Crippen LogP contribution < -0.4 is 0 Å². The Morgan fingerprint density at radius 3 is 1.21 bits per heavy atom. The van der Waals surface area contributed by atoms with E-state index in [1.807, 2.05) is 0 Å². The lowest BCUT2D eigenvalue weighted by atomic mass is 9.60. The first-order valence-corrected chi connectivity index (χ1v) is 6.83. The van der Waals surface area contributed by atoms with Crippen molar-refractivity contribution < 1.29 is 0 Å². The van der Waals surface area contributed by atoms with Gasteiger partial charge in [0.25, 0.3) is 0 Å². The summed E-state index contributed by atoms with van der Waals surface area (Å²) in [5, 5.41) is 0. The zero-order valence-corrected chi connectivity index (χ0v) is 9.49. The maximum absolute atomic E-state index is 1.62. The molecule has 3 aliphatic carbocycles. The van der Waals surface area contributed by atoms with Crippen LogP contribution >= 0.6 is 0 Å². The van der Waals surface area contributed by atoms with Crippen LogP contribution in [-0.2, 0) is 0 Å². The lowest BCUT2D eigenvalue weighted by molar-refractivity contribution is 0.0657. The van der Waals surface area contributed by atoms with Gasteiger partial charge in [0.15, 0.2) is 0 Å². The smallest absolute Gasteiger partial charge is 0.0292 e. The summed E-state index contributed by atoms with van der Waals surface area (Å²) in [6.45, 7) is 0. The molecule has 3 rings (SSSR count). The van der Waals surface area contributed by atoms with E-state index in [0.717, 1.165) is 10.8 Å². The quantitative estimate of drug-likeness (QED) is 0.522. The van der Waals surface area contributed by atoms with Gasteiger partial charge in [0.1, 0.15) is 0 Å². The molecule has 0 atom stereocenters. The fourth-order valence-electron chi connectivity index (χ4n) is 4.91. The molecule has 0 heterocycles. The van der Waals surface area contributed by atoms with E-state index < -0.39 is 0 Å². The maximum atomic E-state index is 1.62. The monoisotopic (exact) mass is 192 g/mol. The molecule has 0 amide bonds. The fraction of sp³-hybridized carbons (Fsp3) is 1.00. The first-order valence-electron chi connectivity index (χ1n) is 6.83. The van der Waals surface area contributed by atoms with Gasteiger partial charge < -0.3 is 0 Å². The Labute approximate surface area is 88.5 Å². The van der Waals surface area contributed by atoms with Gasteiger partial charge in [-0.15, -0.1) is 0 Å². The van der Waals surface area contributed by atoms with E-state index in [2.05, 4.69) is 0 Å². The normalized spacial score (nSPS) is 34.3. The molecule has 0 radical (unpaired) electrons.